The van der Waals surface area contributed by atoms with Crippen LogP contribution in [0.2, 0.25) is 0 Å². The van der Waals surface area contributed by atoms with Crippen molar-refractivity contribution in [3.8, 4) is 11.5 Å². The molecule has 3 saturated heterocycles. The molecule has 0 spiro atoms. The van der Waals surface area contributed by atoms with Crippen molar-refractivity contribution < 1.29 is 14.3 Å². The molecule has 1 aromatic carbocycles. The Labute approximate surface area is 173 Å². The number of anilines is 1. The third-order valence-corrected chi connectivity index (χ3v) is 6.28. The number of hydrogen-bond donors (Lipinski definition) is 1. The normalized spacial score (nSPS) is 22.3. The van der Waals surface area contributed by atoms with Gasteiger partial charge in [0.1, 0.15) is 5.82 Å². The van der Waals surface area contributed by atoms with Gasteiger partial charge in [0.05, 0.1) is 6.54 Å². The lowest BCUT2D eigenvalue weighted by molar-refractivity contribution is -0.127. The number of piperidine rings is 1. The predicted octanol–water partition coefficient (Wildman–Crippen LogP) is 1.51. The minimum atomic E-state index is 0.0533. The summed E-state index contributed by atoms with van der Waals surface area (Å²) < 4.78 is 10.7. The predicted molar refractivity (Wildman–Crippen MR) is 109 cm³/mol. The van der Waals surface area contributed by atoms with E-state index in [-0.39, 0.29) is 12.7 Å². The quantitative estimate of drug-likeness (QED) is 0.564. The van der Waals surface area contributed by atoms with Crippen LogP contribution >= 0.6 is 11.8 Å². The molecule has 5 heterocycles. The van der Waals surface area contributed by atoms with Crippen LogP contribution in [0.3, 0.4) is 0 Å². The summed E-state index contributed by atoms with van der Waals surface area (Å²) in [5, 5.41) is 3.82. The van der Waals surface area contributed by atoms with Gasteiger partial charge in [0.15, 0.2) is 16.7 Å². The Morgan fingerprint density at radius 2 is 2.07 bits per heavy atom. The van der Waals surface area contributed by atoms with E-state index >= 15 is 0 Å². The van der Waals surface area contributed by atoms with Crippen LogP contribution < -0.4 is 19.7 Å². The summed E-state index contributed by atoms with van der Waals surface area (Å²) in [4.78, 5) is 25.9. The van der Waals surface area contributed by atoms with Gasteiger partial charge in [-0.15, -0.1) is 0 Å². The van der Waals surface area contributed by atoms with Gasteiger partial charge in [-0.1, -0.05) is 17.8 Å². The Morgan fingerprint density at radius 1 is 1.24 bits per heavy atom. The second-order valence-corrected chi connectivity index (χ2v) is 8.26. The minimum absolute atomic E-state index is 0.0533. The largest absolute Gasteiger partial charge is 0.454 e. The second kappa shape index (κ2) is 7.72. The molecular weight excluding hydrogens is 390 g/mol. The number of benzene rings is 1. The Kier molecular flexibility index (Phi) is 4.92. The fourth-order valence-corrected chi connectivity index (χ4v) is 4.56. The van der Waals surface area contributed by atoms with Crippen molar-refractivity contribution in [3.05, 3.63) is 36.0 Å². The van der Waals surface area contributed by atoms with E-state index < -0.39 is 0 Å². The van der Waals surface area contributed by atoms with Crippen LogP contribution in [-0.2, 0) is 11.3 Å². The summed E-state index contributed by atoms with van der Waals surface area (Å²) in [6.07, 6.45) is 4.94. The highest BCUT2D eigenvalue weighted by atomic mass is 32.2. The number of fused-ring (bicyclic) bond motifs is 3. The molecule has 3 fully saturated rings. The molecule has 8 nitrogen and oxygen atoms in total. The molecule has 9 heteroatoms. The van der Waals surface area contributed by atoms with Crippen LogP contribution in [0.5, 0.6) is 11.5 Å². The highest BCUT2D eigenvalue weighted by Crippen LogP contribution is 2.34. The van der Waals surface area contributed by atoms with E-state index in [1.165, 1.54) is 0 Å². The number of carbonyl (C=O) groups is 1. The number of hydrogen-bond acceptors (Lipinski definition) is 8. The summed E-state index contributed by atoms with van der Waals surface area (Å²) in [6, 6.07) is 8.52. The molecule has 29 heavy (non-hydrogen) atoms. The molecule has 2 bridgehead atoms. The monoisotopic (exact) mass is 413 g/mol. The van der Waals surface area contributed by atoms with E-state index in [1.54, 1.807) is 11.8 Å². The first-order valence-corrected chi connectivity index (χ1v) is 10.9. The molecule has 4 aliphatic rings. The van der Waals surface area contributed by atoms with E-state index in [2.05, 4.69) is 25.1 Å². The first-order chi connectivity index (χ1) is 14.2. The van der Waals surface area contributed by atoms with Gasteiger partial charge in [0.2, 0.25) is 12.7 Å². The Bertz CT molecular complexity index is 915. The van der Waals surface area contributed by atoms with Crippen molar-refractivity contribution >= 4 is 23.5 Å². The number of aromatic nitrogens is 2. The summed E-state index contributed by atoms with van der Waals surface area (Å²) in [5.74, 6) is 2.53. The standard InChI is InChI=1S/C20H23N5O3S/c1-29-20-21-5-4-18(23-20)24-9-14-7-15(10-24)25(14)11-19(26)22-8-13-2-3-16-17(6-13)28-12-27-16/h2-6,14-15H,7-12H2,1H3,(H,22,26). The molecule has 1 N–H and O–H groups in total. The maximum atomic E-state index is 12.5. The molecule has 0 aliphatic carbocycles. The first-order valence-electron chi connectivity index (χ1n) is 9.72. The van der Waals surface area contributed by atoms with E-state index in [9.17, 15) is 4.79 Å². The van der Waals surface area contributed by atoms with Crippen molar-refractivity contribution in [2.75, 3.05) is 37.6 Å². The lowest BCUT2D eigenvalue weighted by Crippen LogP contribution is -2.70. The van der Waals surface area contributed by atoms with Crippen LogP contribution in [0.1, 0.15) is 12.0 Å². The van der Waals surface area contributed by atoms with Gasteiger partial charge in [0, 0.05) is 37.9 Å². The van der Waals surface area contributed by atoms with Crippen LogP contribution in [0.4, 0.5) is 5.82 Å². The smallest absolute Gasteiger partial charge is 0.234 e. The number of piperazine rings is 1. The topological polar surface area (TPSA) is 79.8 Å². The number of ether oxygens (including phenoxy) is 2. The molecule has 2 aromatic rings. The molecule has 0 radical (unpaired) electrons. The maximum Gasteiger partial charge on any atom is 0.234 e. The molecule has 1 amide bonds. The summed E-state index contributed by atoms with van der Waals surface area (Å²) >= 11 is 1.55. The molecule has 4 aliphatic heterocycles. The lowest BCUT2D eigenvalue weighted by Gasteiger charge is -2.56. The number of amides is 1. The maximum absolute atomic E-state index is 12.5. The second-order valence-electron chi connectivity index (χ2n) is 7.49. The van der Waals surface area contributed by atoms with E-state index in [0.717, 1.165) is 47.5 Å². The minimum Gasteiger partial charge on any atom is -0.454 e. The number of rotatable bonds is 6. The number of nitrogens with one attached hydrogen (secondary N) is 1. The zero-order chi connectivity index (χ0) is 19.8. The van der Waals surface area contributed by atoms with Gasteiger partial charge in [-0.05, 0) is 36.4 Å². The number of nitrogens with zero attached hydrogens (tertiary/aromatic N) is 4. The van der Waals surface area contributed by atoms with Crippen molar-refractivity contribution in [3.63, 3.8) is 0 Å². The van der Waals surface area contributed by atoms with E-state index in [0.29, 0.717) is 25.2 Å². The fraction of sp³-hybridized carbons (Fsp3) is 0.450. The van der Waals surface area contributed by atoms with Crippen LogP contribution in [0.15, 0.2) is 35.6 Å². The molecule has 2 atom stereocenters. The van der Waals surface area contributed by atoms with Gasteiger partial charge in [-0.25, -0.2) is 9.97 Å². The van der Waals surface area contributed by atoms with Crippen LogP contribution in [0, 0.1) is 0 Å². The number of thioether (sulfide) groups is 1. The van der Waals surface area contributed by atoms with Crippen LogP contribution in [-0.4, -0.2) is 65.5 Å². The van der Waals surface area contributed by atoms with Crippen molar-refractivity contribution in [2.45, 2.75) is 30.2 Å². The number of carbonyl (C=O) groups excluding carboxylic acids is 1. The highest BCUT2D eigenvalue weighted by Gasteiger charge is 2.45. The SMILES string of the molecule is CSc1nccc(N2CC3CC(C2)N3CC(=O)NCc2ccc3c(c2)OCO3)n1. The third-order valence-electron chi connectivity index (χ3n) is 5.72. The molecule has 152 valence electrons. The molecule has 2 unspecified atom stereocenters. The zero-order valence-corrected chi connectivity index (χ0v) is 17.0. The van der Waals surface area contributed by atoms with Crippen molar-refractivity contribution in [1.29, 1.82) is 0 Å². The van der Waals surface area contributed by atoms with E-state index in [4.69, 9.17) is 9.47 Å². The van der Waals surface area contributed by atoms with Gasteiger partial charge in [-0.3, -0.25) is 9.69 Å². The molecular formula is C20H23N5O3S. The summed E-state index contributed by atoms with van der Waals surface area (Å²) in [7, 11) is 0. The first kappa shape index (κ1) is 18.5. The fourth-order valence-electron chi connectivity index (χ4n) is 4.21. The molecule has 1 aromatic heterocycles. The Balaban J connectivity index is 1.13. The van der Waals surface area contributed by atoms with Gasteiger partial charge >= 0.3 is 0 Å². The third kappa shape index (κ3) is 3.72. The summed E-state index contributed by atoms with van der Waals surface area (Å²) in [5.41, 5.74) is 1.01. The van der Waals surface area contributed by atoms with Crippen molar-refractivity contribution in [1.82, 2.24) is 20.2 Å². The van der Waals surface area contributed by atoms with Gasteiger partial charge in [0.25, 0.3) is 0 Å². The highest BCUT2D eigenvalue weighted by molar-refractivity contribution is 7.98. The Hall–Kier alpha value is -2.52. The summed E-state index contributed by atoms with van der Waals surface area (Å²) in [6.45, 7) is 2.98. The average molecular weight is 414 g/mol. The molecule has 6 rings (SSSR count). The van der Waals surface area contributed by atoms with Crippen molar-refractivity contribution in [2.24, 2.45) is 0 Å². The average Bonchev–Trinajstić information content (AvgIpc) is 3.24. The lowest BCUT2D eigenvalue weighted by atomic mass is 9.87. The Morgan fingerprint density at radius 3 is 2.90 bits per heavy atom. The van der Waals surface area contributed by atoms with E-state index in [1.807, 2.05) is 36.7 Å². The van der Waals surface area contributed by atoms with Gasteiger partial charge < -0.3 is 19.7 Å². The zero-order valence-electron chi connectivity index (χ0n) is 16.2. The van der Waals surface area contributed by atoms with Crippen LogP contribution in [0.25, 0.3) is 0 Å². The van der Waals surface area contributed by atoms with Gasteiger partial charge in [-0.2, -0.15) is 0 Å². The molecule has 0 saturated carbocycles.